The quantitative estimate of drug-likeness (QED) is 0.167. The number of alkyl halides is 3. The number of imide groups is 2. The van der Waals surface area contributed by atoms with Crippen molar-refractivity contribution in [2.75, 3.05) is 12.0 Å². The first-order valence-corrected chi connectivity index (χ1v) is 13.8. The van der Waals surface area contributed by atoms with Gasteiger partial charge in [0.2, 0.25) is 0 Å². The third-order valence-corrected chi connectivity index (χ3v) is 7.72. The van der Waals surface area contributed by atoms with Crippen LogP contribution in [0.2, 0.25) is 5.02 Å². The van der Waals surface area contributed by atoms with Crippen LogP contribution in [0, 0.1) is 6.92 Å². The molecule has 4 aromatic carbocycles. The maximum atomic E-state index is 13.3. The molecule has 1 saturated heterocycles. The van der Waals surface area contributed by atoms with Gasteiger partial charge in [-0.3, -0.25) is 14.9 Å². The monoisotopic (exact) mass is 672 g/mol. The van der Waals surface area contributed by atoms with Gasteiger partial charge in [0.15, 0.2) is 11.5 Å². The molecule has 0 atom stereocenters. The lowest BCUT2D eigenvalue weighted by Gasteiger charge is -2.27. The number of rotatable bonds is 6. The van der Waals surface area contributed by atoms with Gasteiger partial charge in [0.05, 0.1) is 27.9 Å². The molecule has 0 saturated carbocycles. The van der Waals surface area contributed by atoms with Gasteiger partial charge < -0.3 is 9.47 Å². The Bertz CT molecular complexity index is 1840. The molecule has 5 rings (SSSR count). The van der Waals surface area contributed by atoms with E-state index in [1.54, 1.807) is 6.07 Å². The minimum atomic E-state index is -4.76. The number of nitrogens with one attached hydrogen (secondary N) is 1. The molecule has 12 heteroatoms. The van der Waals surface area contributed by atoms with Gasteiger partial charge in [0.25, 0.3) is 11.8 Å². The number of ether oxygens (including phenoxy) is 2. The average Bonchev–Trinajstić information content (AvgIpc) is 2.95. The molecule has 0 unspecified atom stereocenters. The Morgan fingerprint density at radius 3 is 2.49 bits per heavy atom. The highest BCUT2D eigenvalue weighted by atomic mass is 79.9. The molecule has 0 aromatic heterocycles. The normalized spacial score (nSPS) is 14.8. The second kappa shape index (κ2) is 11.7. The van der Waals surface area contributed by atoms with E-state index in [-0.39, 0.29) is 17.4 Å². The number of hydrogen-bond donors (Lipinski definition) is 1. The van der Waals surface area contributed by atoms with Crippen molar-refractivity contribution in [2.45, 2.75) is 19.7 Å². The highest BCUT2D eigenvalue weighted by Crippen LogP contribution is 2.40. The SMILES string of the molecule is COc1cc(/C=C2/C(=O)NC(=O)N(c3cc(C(F)(F)F)ccc3Cl)C2=O)cc(Br)c1OCc1c(C)ccc2ccccc12. The number of barbiturate groups is 1. The Kier molecular flexibility index (Phi) is 8.22. The summed E-state index contributed by atoms with van der Waals surface area (Å²) in [5, 5.41) is 3.79. The van der Waals surface area contributed by atoms with E-state index in [1.807, 2.05) is 48.6 Å². The van der Waals surface area contributed by atoms with Crippen LogP contribution in [0.25, 0.3) is 16.8 Å². The second-order valence-electron chi connectivity index (χ2n) is 9.53. The van der Waals surface area contributed by atoms with Crippen molar-refractivity contribution in [1.82, 2.24) is 5.32 Å². The Balaban J connectivity index is 1.48. The minimum Gasteiger partial charge on any atom is -0.493 e. The number of aryl methyl sites for hydroxylation is 1. The van der Waals surface area contributed by atoms with E-state index < -0.39 is 40.8 Å². The van der Waals surface area contributed by atoms with Gasteiger partial charge >= 0.3 is 12.2 Å². The van der Waals surface area contributed by atoms with Crippen LogP contribution in [0.1, 0.15) is 22.3 Å². The second-order valence-corrected chi connectivity index (χ2v) is 10.8. The molecule has 1 heterocycles. The average molecular weight is 674 g/mol. The van der Waals surface area contributed by atoms with E-state index in [0.29, 0.717) is 26.8 Å². The van der Waals surface area contributed by atoms with Crippen LogP contribution in [-0.4, -0.2) is 25.0 Å². The van der Waals surface area contributed by atoms with Crippen molar-refractivity contribution in [1.29, 1.82) is 0 Å². The number of fused-ring (bicyclic) bond motifs is 1. The smallest absolute Gasteiger partial charge is 0.416 e. The third-order valence-electron chi connectivity index (χ3n) is 6.81. The van der Waals surface area contributed by atoms with Gasteiger partial charge in [-0.2, -0.15) is 13.2 Å². The van der Waals surface area contributed by atoms with Crippen LogP contribution in [0.4, 0.5) is 23.7 Å². The summed E-state index contributed by atoms with van der Waals surface area (Å²) in [6, 6.07) is 16.0. The maximum absolute atomic E-state index is 13.3. The molecule has 1 aliphatic heterocycles. The van der Waals surface area contributed by atoms with Crippen LogP contribution in [0.15, 0.2) is 76.8 Å². The number of amides is 4. The molecule has 1 aliphatic rings. The summed E-state index contributed by atoms with van der Waals surface area (Å²) >= 11 is 9.53. The zero-order chi connectivity index (χ0) is 31.1. The maximum Gasteiger partial charge on any atom is 0.416 e. The summed E-state index contributed by atoms with van der Waals surface area (Å²) in [5.41, 5.74) is 0.168. The van der Waals surface area contributed by atoms with Crippen molar-refractivity contribution < 1.29 is 37.0 Å². The van der Waals surface area contributed by atoms with Gasteiger partial charge in [-0.1, -0.05) is 48.0 Å². The molecular weight excluding hydrogens is 653 g/mol. The number of carbonyl (C=O) groups excluding carboxylic acids is 3. The van der Waals surface area contributed by atoms with Gasteiger partial charge in [0, 0.05) is 5.56 Å². The Morgan fingerprint density at radius 1 is 1.02 bits per heavy atom. The topological polar surface area (TPSA) is 84.9 Å². The Morgan fingerprint density at radius 2 is 1.77 bits per heavy atom. The van der Waals surface area contributed by atoms with Crippen LogP contribution < -0.4 is 19.7 Å². The van der Waals surface area contributed by atoms with Crippen LogP contribution in [0.5, 0.6) is 11.5 Å². The number of anilines is 1. The number of nitrogens with zero attached hydrogens (tertiary/aromatic N) is 1. The highest BCUT2D eigenvalue weighted by molar-refractivity contribution is 9.10. The fourth-order valence-corrected chi connectivity index (χ4v) is 5.42. The molecule has 7 nitrogen and oxygen atoms in total. The van der Waals surface area contributed by atoms with Crippen molar-refractivity contribution in [3.05, 3.63) is 104 Å². The first-order chi connectivity index (χ1) is 20.4. The van der Waals surface area contributed by atoms with Crippen molar-refractivity contribution >= 4 is 67.9 Å². The summed E-state index contributed by atoms with van der Waals surface area (Å²) in [4.78, 5) is 39.0. The lowest BCUT2D eigenvalue weighted by atomic mass is 10.0. The van der Waals surface area contributed by atoms with Gasteiger partial charge in [-0.05, 0) is 81.2 Å². The number of urea groups is 1. The highest BCUT2D eigenvalue weighted by Gasteiger charge is 2.39. The lowest BCUT2D eigenvalue weighted by molar-refractivity contribution is -0.137. The number of hydrogen-bond acceptors (Lipinski definition) is 5. The standard InChI is InChI=1S/C31H21BrClF3N2O5/c1-16-7-8-18-5-3-4-6-20(18)22(16)15-43-27-23(32)12-17(13-26(27)42-2)11-21-28(39)37-30(41)38(29(21)40)25-14-19(31(34,35)36)9-10-24(25)33/h3-14H,15H2,1-2H3,(H,37,39,41)/b21-11-. The predicted octanol–water partition coefficient (Wildman–Crippen LogP) is 7.84. The molecule has 0 bridgehead atoms. The van der Waals surface area contributed by atoms with E-state index in [1.165, 1.54) is 19.3 Å². The van der Waals surface area contributed by atoms with Crippen molar-refractivity contribution in [3.8, 4) is 11.5 Å². The Hall–Kier alpha value is -4.35. The zero-order valence-corrected chi connectivity index (χ0v) is 24.9. The fourth-order valence-electron chi connectivity index (χ4n) is 4.65. The van der Waals surface area contributed by atoms with Gasteiger partial charge in [-0.25, -0.2) is 9.69 Å². The molecule has 1 fully saturated rings. The molecule has 0 aliphatic carbocycles. The van der Waals surface area contributed by atoms with Gasteiger partial charge in [0.1, 0.15) is 12.2 Å². The molecule has 0 radical (unpaired) electrons. The van der Waals surface area contributed by atoms with Crippen molar-refractivity contribution in [3.63, 3.8) is 0 Å². The molecular formula is C31H21BrClF3N2O5. The number of methoxy groups -OCH3 is 1. The largest absolute Gasteiger partial charge is 0.493 e. The summed E-state index contributed by atoms with van der Waals surface area (Å²) in [6.45, 7) is 2.21. The fraction of sp³-hybridized carbons (Fsp3) is 0.129. The summed E-state index contributed by atoms with van der Waals surface area (Å²) in [7, 11) is 1.42. The first kappa shape index (κ1) is 30.1. The summed E-state index contributed by atoms with van der Waals surface area (Å²) in [6.07, 6.45) is -3.58. The molecule has 43 heavy (non-hydrogen) atoms. The summed E-state index contributed by atoms with van der Waals surface area (Å²) in [5.74, 6) is -1.55. The molecule has 4 aromatic rings. The molecule has 220 valence electrons. The first-order valence-electron chi connectivity index (χ1n) is 12.6. The van der Waals surface area contributed by atoms with Crippen LogP contribution in [-0.2, 0) is 22.4 Å². The third kappa shape index (κ3) is 5.95. The molecule has 0 spiro atoms. The van der Waals surface area contributed by atoms with Crippen LogP contribution >= 0.6 is 27.5 Å². The van der Waals surface area contributed by atoms with E-state index in [0.717, 1.165) is 34.0 Å². The summed E-state index contributed by atoms with van der Waals surface area (Å²) < 4.78 is 52.1. The Labute approximate surface area is 257 Å². The molecule has 1 N–H and O–H groups in total. The lowest BCUT2D eigenvalue weighted by Crippen LogP contribution is -2.54. The number of halogens is 5. The minimum absolute atomic E-state index is 0.221. The van der Waals surface area contributed by atoms with E-state index in [4.69, 9.17) is 21.1 Å². The van der Waals surface area contributed by atoms with Crippen molar-refractivity contribution in [2.24, 2.45) is 0 Å². The van der Waals surface area contributed by atoms with Gasteiger partial charge in [-0.15, -0.1) is 0 Å². The molecule has 4 amide bonds. The van der Waals surface area contributed by atoms with E-state index in [2.05, 4.69) is 15.9 Å². The van der Waals surface area contributed by atoms with Crippen LogP contribution in [0.3, 0.4) is 0 Å². The van der Waals surface area contributed by atoms with E-state index >= 15 is 0 Å². The number of carbonyl (C=O) groups is 3. The van der Waals surface area contributed by atoms with E-state index in [9.17, 15) is 27.6 Å². The zero-order valence-electron chi connectivity index (χ0n) is 22.5. The number of benzene rings is 4. The predicted molar refractivity (Wildman–Crippen MR) is 159 cm³/mol.